The Labute approximate surface area is 147 Å². The molecule has 0 aromatic heterocycles. The van der Waals surface area contributed by atoms with Crippen molar-refractivity contribution in [3.8, 4) is 0 Å². The van der Waals surface area contributed by atoms with Crippen LogP contribution in [0.5, 0.6) is 0 Å². The molecule has 1 aromatic rings. The zero-order valence-electron chi connectivity index (χ0n) is 13.8. The number of piperazine rings is 1. The molecular formula is C18H26BrN3O. The quantitative estimate of drug-likeness (QED) is 0.871. The first-order valence-electron chi connectivity index (χ1n) is 8.68. The number of nitrogens with zero attached hydrogens (tertiary/aromatic N) is 2. The van der Waals surface area contributed by atoms with Crippen molar-refractivity contribution < 1.29 is 4.79 Å². The van der Waals surface area contributed by atoms with E-state index in [1.54, 1.807) is 0 Å². The fourth-order valence-corrected chi connectivity index (χ4v) is 4.14. The Hall–Kier alpha value is -0.910. The van der Waals surface area contributed by atoms with E-state index in [0.29, 0.717) is 0 Å². The second-order valence-corrected chi connectivity index (χ2v) is 7.60. The lowest BCUT2D eigenvalue weighted by molar-refractivity contribution is -0.121. The summed E-state index contributed by atoms with van der Waals surface area (Å²) in [6.45, 7) is 6.18. The highest BCUT2D eigenvalue weighted by Gasteiger charge is 2.29. The molecule has 0 radical (unpaired) electrons. The Morgan fingerprint density at radius 3 is 2.57 bits per heavy atom. The van der Waals surface area contributed by atoms with Crippen LogP contribution in [0.2, 0.25) is 0 Å². The fourth-order valence-electron chi connectivity index (χ4n) is 3.74. The van der Waals surface area contributed by atoms with Gasteiger partial charge in [0.2, 0.25) is 5.91 Å². The van der Waals surface area contributed by atoms with Gasteiger partial charge in [0.1, 0.15) is 0 Å². The van der Waals surface area contributed by atoms with E-state index < -0.39 is 0 Å². The molecule has 1 unspecified atom stereocenters. The zero-order valence-corrected chi connectivity index (χ0v) is 15.4. The second-order valence-electron chi connectivity index (χ2n) is 6.69. The van der Waals surface area contributed by atoms with E-state index in [-0.39, 0.29) is 11.9 Å². The van der Waals surface area contributed by atoms with Crippen LogP contribution in [0.1, 0.15) is 32.6 Å². The Bertz CT molecular complexity index is 537. The van der Waals surface area contributed by atoms with Gasteiger partial charge in [-0.1, -0.05) is 34.8 Å². The SMILES string of the molecule is CC(C(=O)Nc1cccc(Br)c1)N1CCN(C2CCCC2)CC1. The number of nitrogens with one attached hydrogen (secondary N) is 1. The molecule has 1 aliphatic carbocycles. The van der Waals surface area contributed by atoms with Crippen molar-refractivity contribution >= 4 is 27.5 Å². The molecule has 4 nitrogen and oxygen atoms in total. The van der Waals surface area contributed by atoms with Crippen molar-refractivity contribution in [2.75, 3.05) is 31.5 Å². The van der Waals surface area contributed by atoms with Gasteiger partial charge in [-0.05, 0) is 38.0 Å². The van der Waals surface area contributed by atoms with E-state index in [2.05, 4.69) is 31.0 Å². The second kappa shape index (κ2) is 7.77. The average molecular weight is 380 g/mol. The number of carbonyl (C=O) groups excluding carboxylic acids is 1. The summed E-state index contributed by atoms with van der Waals surface area (Å²) in [5.41, 5.74) is 0.848. The summed E-state index contributed by atoms with van der Waals surface area (Å²) in [6.07, 6.45) is 5.49. The van der Waals surface area contributed by atoms with E-state index in [1.165, 1.54) is 25.7 Å². The lowest BCUT2D eigenvalue weighted by atomic mass is 10.1. The van der Waals surface area contributed by atoms with E-state index in [1.807, 2.05) is 31.2 Å². The third kappa shape index (κ3) is 4.34. The first-order valence-corrected chi connectivity index (χ1v) is 9.47. The molecule has 0 bridgehead atoms. The molecule has 1 N–H and O–H groups in total. The molecule has 23 heavy (non-hydrogen) atoms. The summed E-state index contributed by atoms with van der Waals surface area (Å²) in [5, 5.41) is 3.02. The Morgan fingerprint density at radius 1 is 1.22 bits per heavy atom. The minimum Gasteiger partial charge on any atom is -0.325 e. The van der Waals surface area contributed by atoms with Gasteiger partial charge in [-0.25, -0.2) is 0 Å². The molecule has 1 heterocycles. The monoisotopic (exact) mass is 379 g/mol. The molecule has 1 aliphatic heterocycles. The molecule has 0 spiro atoms. The van der Waals surface area contributed by atoms with Gasteiger partial charge in [0.15, 0.2) is 0 Å². The van der Waals surface area contributed by atoms with Crippen LogP contribution in [0.3, 0.4) is 0 Å². The normalized spacial score (nSPS) is 22.2. The third-order valence-electron chi connectivity index (χ3n) is 5.21. The predicted octanol–water partition coefficient (Wildman–Crippen LogP) is 3.34. The fraction of sp³-hybridized carbons (Fsp3) is 0.611. The molecule has 1 amide bonds. The molecule has 5 heteroatoms. The van der Waals surface area contributed by atoms with Crippen LogP contribution in [0.15, 0.2) is 28.7 Å². The van der Waals surface area contributed by atoms with Crippen molar-refractivity contribution in [3.63, 3.8) is 0 Å². The highest BCUT2D eigenvalue weighted by Crippen LogP contribution is 2.24. The maximum atomic E-state index is 12.5. The number of amides is 1. The summed E-state index contributed by atoms with van der Waals surface area (Å²) < 4.78 is 0.980. The smallest absolute Gasteiger partial charge is 0.241 e. The topological polar surface area (TPSA) is 35.6 Å². The van der Waals surface area contributed by atoms with Crippen molar-refractivity contribution in [2.24, 2.45) is 0 Å². The van der Waals surface area contributed by atoms with Gasteiger partial charge < -0.3 is 5.32 Å². The standard InChI is InChI=1S/C18H26BrN3O/c1-14(18(23)20-16-6-4-5-15(19)13-16)21-9-11-22(12-10-21)17-7-2-3-8-17/h4-6,13-14,17H,2-3,7-12H2,1H3,(H,20,23). The summed E-state index contributed by atoms with van der Waals surface area (Å²) >= 11 is 3.44. The molecule has 1 saturated carbocycles. The van der Waals surface area contributed by atoms with E-state index in [9.17, 15) is 4.79 Å². The highest BCUT2D eigenvalue weighted by molar-refractivity contribution is 9.10. The van der Waals surface area contributed by atoms with Crippen LogP contribution < -0.4 is 5.32 Å². The molecular weight excluding hydrogens is 354 g/mol. The molecule has 126 valence electrons. The summed E-state index contributed by atoms with van der Waals surface area (Å²) in [7, 11) is 0. The predicted molar refractivity (Wildman–Crippen MR) is 97.6 cm³/mol. The van der Waals surface area contributed by atoms with Gasteiger partial charge in [-0.15, -0.1) is 0 Å². The summed E-state index contributed by atoms with van der Waals surface area (Å²) in [4.78, 5) is 17.4. The number of hydrogen-bond acceptors (Lipinski definition) is 3. The average Bonchev–Trinajstić information content (AvgIpc) is 3.09. The van der Waals surface area contributed by atoms with Crippen molar-refractivity contribution in [1.29, 1.82) is 0 Å². The number of anilines is 1. The van der Waals surface area contributed by atoms with Crippen LogP contribution >= 0.6 is 15.9 Å². The van der Waals surface area contributed by atoms with Crippen LogP contribution in [-0.4, -0.2) is 54.0 Å². The molecule has 2 aliphatic rings. The van der Waals surface area contributed by atoms with Crippen LogP contribution in [0, 0.1) is 0 Å². The molecule has 1 aromatic carbocycles. The van der Waals surface area contributed by atoms with E-state index in [0.717, 1.165) is 42.4 Å². The Morgan fingerprint density at radius 2 is 1.91 bits per heavy atom. The first kappa shape index (κ1) is 16.9. The molecule has 3 rings (SSSR count). The van der Waals surface area contributed by atoms with Crippen LogP contribution in [-0.2, 0) is 4.79 Å². The minimum atomic E-state index is -0.0836. The zero-order chi connectivity index (χ0) is 16.2. The lowest BCUT2D eigenvalue weighted by Gasteiger charge is -2.40. The van der Waals surface area contributed by atoms with Crippen molar-refractivity contribution in [3.05, 3.63) is 28.7 Å². The van der Waals surface area contributed by atoms with Gasteiger partial charge in [-0.2, -0.15) is 0 Å². The number of carbonyl (C=O) groups is 1. The van der Waals surface area contributed by atoms with Gasteiger partial charge in [-0.3, -0.25) is 14.6 Å². The maximum absolute atomic E-state index is 12.5. The Balaban J connectivity index is 1.50. The van der Waals surface area contributed by atoms with Gasteiger partial charge >= 0.3 is 0 Å². The van der Waals surface area contributed by atoms with Crippen molar-refractivity contribution in [1.82, 2.24) is 9.80 Å². The number of benzene rings is 1. The Kier molecular flexibility index (Phi) is 5.72. The lowest BCUT2D eigenvalue weighted by Crippen LogP contribution is -2.54. The van der Waals surface area contributed by atoms with Crippen molar-refractivity contribution in [2.45, 2.75) is 44.7 Å². The van der Waals surface area contributed by atoms with E-state index in [4.69, 9.17) is 0 Å². The van der Waals surface area contributed by atoms with Crippen LogP contribution in [0.4, 0.5) is 5.69 Å². The molecule has 2 fully saturated rings. The van der Waals surface area contributed by atoms with E-state index >= 15 is 0 Å². The third-order valence-corrected chi connectivity index (χ3v) is 5.70. The number of hydrogen-bond donors (Lipinski definition) is 1. The molecule has 1 saturated heterocycles. The van der Waals surface area contributed by atoms with Gasteiger partial charge in [0.25, 0.3) is 0 Å². The van der Waals surface area contributed by atoms with Gasteiger partial charge in [0.05, 0.1) is 6.04 Å². The largest absolute Gasteiger partial charge is 0.325 e. The maximum Gasteiger partial charge on any atom is 0.241 e. The van der Waals surface area contributed by atoms with Gasteiger partial charge in [0, 0.05) is 42.4 Å². The number of rotatable bonds is 4. The highest BCUT2D eigenvalue weighted by atomic mass is 79.9. The number of halogens is 1. The summed E-state index contributed by atoms with van der Waals surface area (Å²) in [6, 6.07) is 8.46. The molecule has 1 atom stereocenters. The van der Waals surface area contributed by atoms with Crippen LogP contribution in [0.25, 0.3) is 0 Å². The minimum absolute atomic E-state index is 0.0809. The summed E-state index contributed by atoms with van der Waals surface area (Å²) in [5.74, 6) is 0.0809. The first-order chi connectivity index (χ1) is 11.1.